The van der Waals surface area contributed by atoms with Gasteiger partial charge in [0.1, 0.15) is 11.4 Å². The molecule has 5 heteroatoms. The number of methoxy groups -OCH3 is 1. The van der Waals surface area contributed by atoms with Crippen LogP contribution in [0.1, 0.15) is 10.4 Å². The van der Waals surface area contributed by atoms with Crippen LogP contribution in [-0.2, 0) is 4.74 Å². The number of H-pyrrole nitrogens is 1. The number of esters is 1. The predicted octanol–water partition coefficient (Wildman–Crippen LogP) is 4.35. The maximum Gasteiger partial charge on any atom is 0.342 e. The second-order valence-electron chi connectivity index (χ2n) is 4.52. The number of fused-ring (bicyclic) bond motifs is 1. The summed E-state index contributed by atoms with van der Waals surface area (Å²) in [5.41, 5.74) is 2.04. The summed E-state index contributed by atoms with van der Waals surface area (Å²) in [6.45, 7) is 0. The fourth-order valence-corrected chi connectivity index (χ4v) is 2.43. The Hall–Kier alpha value is -2.46. The monoisotopic (exact) mass is 300 g/mol. The summed E-state index contributed by atoms with van der Waals surface area (Å²) < 4.78 is 4.88. The molecule has 2 aromatic carbocycles. The molecule has 0 bridgehead atoms. The van der Waals surface area contributed by atoms with E-state index in [4.69, 9.17) is 16.3 Å². The zero-order valence-electron chi connectivity index (χ0n) is 11.3. The van der Waals surface area contributed by atoms with Crippen molar-refractivity contribution in [3.63, 3.8) is 0 Å². The molecule has 0 saturated heterocycles. The second-order valence-corrected chi connectivity index (χ2v) is 4.92. The van der Waals surface area contributed by atoms with Crippen LogP contribution in [0.2, 0.25) is 5.02 Å². The molecule has 0 aliphatic rings. The predicted molar refractivity (Wildman–Crippen MR) is 84.4 cm³/mol. The normalized spacial score (nSPS) is 10.6. The molecule has 4 nitrogen and oxygen atoms in total. The summed E-state index contributed by atoms with van der Waals surface area (Å²) in [7, 11) is 1.36. The first-order valence-corrected chi connectivity index (χ1v) is 6.79. The van der Waals surface area contributed by atoms with Crippen LogP contribution in [0.15, 0.2) is 48.5 Å². The van der Waals surface area contributed by atoms with Crippen LogP contribution in [0.4, 0.5) is 11.5 Å². The van der Waals surface area contributed by atoms with Gasteiger partial charge in [-0.3, -0.25) is 0 Å². The van der Waals surface area contributed by atoms with E-state index in [9.17, 15) is 4.79 Å². The number of benzene rings is 2. The highest BCUT2D eigenvalue weighted by Gasteiger charge is 2.19. The lowest BCUT2D eigenvalue weighted by Crippen LogP contribution is -2.04. The van der Waals surface area contributed by atoms with Crippen LogP contribution in [-0.4, -0.2) is 18.1 Å². The number of ether oxygens (including phenoxy) is 1. The van der Waals surface area contributed by atoms with E-state index in [1.165, 1.54) is 7.11 Å². The minimum absolute atomic E-state index is 0.401. The van der Waals surface area contributed by atoms with Crippen molar-refractivity contribution in [2.45, 2.75) is 0 Å². The molecular formula is C16H13ClN2O2. The summed E-state index contributed by atoms with van der Waals surface area (Å²) in [5, 5.41) is 4.54. The van der Waals surface area contributed by atoms with Gasteiger partial charge in [-0.05, 0) is 18.2 Å². The molecule has 3 aromatic rings. The van der Waals surface area contributed by atoms with Gasteiger partial charge in [0.2, 0.25) is 0 Å². The van der Waals surface area contributed by atoms with Crippen molar-refractivity contribution in [3.05, 3.63) is 59.1 Å². The Balaban J connectivity index is 2.13. The molecule has 0 aliphatic heterocycles. The number of carbonyl (C=O) groups excluding carboxylic acids is 1. The molecule has 0 unspecified atom stereocenters. The van der Waals surface area contributed by atoms with Crippen LogP contribution >= 0.6 is 11.6 Å². The number of para-hydroxylation sites is 2. The number of halogens is 1. The number of aromatic amines is 1. The summed E-state index contributed by atoms with van der Waals surface area (Å²) >= 11 is 6.15. The minimum Gasteiger partial charge on any atom is -0.465 e. The van der Waals surface area contributed by atoms with E-state index in [-0.39, 0.29) is 0 Å². The first-order valence-electron chi connectivity index (χ1n) is 6.41. The fourth-order valence-electron chi connectivity index (χ4n) is 2.25. The van der Waals surface area contributed by atoms with Gasteiger partial charge >= 0.3 is 5.97 Å². The van der Waals surface area contributed by atoms with E-state index in [1.54, 1.807) is 6.07 Å². The topological polar surface area (TPSA) is 54.1 Å². The number of carbonyl (C=O) groups is 1. The quantitative estimate of drug-likeness (QED) is 0.707. The largest absolute Gasteiger partial charge is 0.465 e. The van der Waals surface area contributed by atoms with Gasteiger partial charge in [0.05, 0.1) is 17.8 Å². The van der Waals surface area contributed by atoms with Crippen molar-refractivity contribution >= 4 is 40.0 Å². The van der Waals surface area contributed by atoms with E-state index in [1.807, 2.05) is 42.5 Å². The highest BCUT2D eigenvalue weighted by molar-refractivity contribution is 6.33. The van der Waals surface area contributed by atoms with Crippen molar-refractivity contribution in [2.75, 3.05) is 12.4 Å². The highest BCUT2D eigenvalue weighted by atomic mass is 35.5. The Labute approximate surface area is 126 Å². The van der Waals surface area contributed by atoms with Crippen LogP contribution < -0.4 is 5.32 Å². The molecule has 1 heterocycles. The molecule has 0 fully saturated rings. The molecule has 0 spiro atoms. The van der Waals surface area contributed by atoms with Crippen LogP contribution in [0.25, 0.3) is 10.9 Å². The van der Waals surface area contributed by atoms with Gasteiger partial charge in [-0.2, -0.15) is 0 Å². The van der Waals surface area contributed by atoms with Crippen molar-refractivity contribution in [1.29, 1.82) is 0 Å². The smallest absolute Gasteiger partial charge is 0.342 e. The summed E-state index contributed by atoms with van der Waals surface area (Å²) in [4.78, 5) is 15.3. The maximum absolute atomic E-state index is 12.1. The molecule has 0 aliphatic carbocycles. The molecule has 0 atom stereocenters. The van der Waals surface area contributed by atoms with Crippen LogP contribution in [0.3, 0.4) is 0 Å². The van der Waals surface area contributed by atoms with E-state index in [0.717, 1.165) is 16.6 Å². The van der Waals surface area contributed by atoms with Gasteiger partial charge in [0.25, 0.3) is 0 Å². The number of hydrogen-bond acceptors (Lipinski definition) is 3. The molecule has 106 valence electrons. The van der Waals surface area contributed by atoms with Crippen LogP contribution in [0, 0.1) is 0 Å². The molecule has 2 N–H and O–H groups in total. The molecule has 0 amide bonds. The van der Waals surface area contributed by atoms with E-state index >= 15 is 0 Å². The van der Waals surface area contributed by atoms with Gasteiger partial charge in [0, 0.05) is 10.9 Å². The number of anilines is 2. The fraction of sp³-hybridized carbons (Fsp3) is 0.0625. The third-order valence-electron chi connectivity index (χ3n) is 3.23. The molecule has 3 rings (SSSR count). The molecule has 1 aromatic heterocycles. The second kappa shape index (κ2) is 5.50. The Morgan fingerprint density at radius 2 is 1.86 bits per heavy atom. The lowest BCUT2D eigenvalue weighted by atomic mass is 10.1. The van der Waals surface area contributed by atoms with E-state index in [0.29, 0.717) is 16.4 Å². The van der Waals surface area contributed by atoms with Gasteiger partial charge in [-0.15, -0.1) is 0 Å². The van der Waals surface area contributed by atoms with Gasteiger partial charge in [-0.1, -0.05) is 41.9 Å². The lowest BCUT2D eigenvalue weighted by Gasteiger charge is -2.08. The Morgan fingerprint density at radius 1 is 1.14 bits per heavy atom. The summed E-state index contributed by atoms with van der Waals surface area (Å²) in [6, 6.07) is 14.9. The molecule has 0 radical (unpaired) electrons. The van der Waals surface area contributed by atoms with Gasteiger partial charge in [-0.25, -0.2) is 4.79 Å². The van der Waals surface area contributed by atoms with Crippen molar-refractivity contribution in [2.24, 2.45) is 0 Å². The number of hydrogen-bond donors (Lipinski definition) is 2. The standard InChI is InChI=1S/C16H13ClN2O2/c1-21-16(20)14-10-6-2-4-8-12(10)18-15(14)19-13-9-5-3-7-11(13)17/h2-9,18-19H,1H3. The van der Waals surface area contributed by atoms with Crippen molar-refractivity contribution in [1.82, 2.24) is 4.98 Å². The van der Waals surface area contributed by atoms with E-state index < -0.39 is 5.97 Å². The number of rotatable bonds is 3. The van der Waals surface area contributed by atoms with E-state index in [2.05, 4.69) is 10.3 Å². The molecule has 21 heavy (non-hydrogen) atoms. The van der Waals surface area contributed by atoms with Crippen molar-refractivity contribution < 1.29 is 9.53 Å². The first kappa shape index (κ1) is 13.5. The average Bonchev–Trinajstić information content (AvgIpc) is 2.87. The Bertz CT molecular complexity index is 811. The third-order valence-corrected chi connectivity index (χ3v) is 3.56. The number of aromatic nitrogens is 1. The lowest BCUT2D eigenvalue weighted by molar-refractivity contribution is 0.0604. The van der Waals surface area contributed by atoms with Crippen LogP contribution in [0.5, 0.6) is 0 Å². The zero-order valence-corrected chi connectivity index (χ0v) is 12.1. The Kier molecular flexibility index (Phi) is 3.54. The SMILES string of the molecule is COC(=O)c1c(Nc2ccccc2Cl)[nH]c2ccccc12. The zero-order chi connectivity index (χ0) is 14.8. The summed E-state index contributed by atoms with van der Waals surface area (Å²) in [6.07, 6.45) is 0. The third kappa shape index (κ3) is 2.45. The molecular weight excluding hydrogens is 288 g/mol. The Morgan fingerprint density at radius 3 is 2.62 bits per heavy atom. The maximum atomic E-state index is 12.1. The molecule has 0 saturated carbocycles. The van der Waals surface area contributed by atoms with Gasteiger partial charge in [0.15, 0.2) is 0 Å². The summed E-state index contributed by atoms with van der Waals surface area (Å²) in [5.74, 6) is 0.165. The van der Waals surface area contributed by atoms with Crippen molar-refractivity contribution in [3.8, 4) is 0 Å². The minimum atomic E-state index is -0.401. The first-order chi connectivity index (χ1) is 10.2. The van der Waals surface area contributed by atoms with Gasteiger partial charge < -0.3 is 15.0 Å². The highest BCUT2D eigenvalue weighted by Crippen LogP contribution is 2.31. The average molecular weight is 301 g/mol. The number of nitrogens with one attached hydrogen (secondary N) is 2.